The van der Waals surface area contributed by atoms with Crippen molar-refractivity contribution >= 4 is 29.3 Å². The van der Waals surface area contributed by atoms with Gasteiger partial charge in [0.2, 0.25) is 5.91 Å². The average Bonchev–Trinajstić information content (AvgIpc) is 3.25. The second-order valence-electron chi connectivity index (χ2n) is 5.38. The fourth-order valence-electron chi connectivity index (χ4n) is 2.46. The number of carbonyl (C=O) groups excluding carboxylic acids is 2. The van der Waals surface area contributed by atoms with E-state index in [2.05, 4.69) is 5.32 Å². The number of carbonyl (C=O) groups is 2. The summed E-state index contributed by atoms with van der Waals surface area (Å²) in [7, 11) is 0. The number of anilines is 1. The van der Waals surface area contributed by atoms with E-state index in [1.165, 1.54) is 28.8 Å². The molecule has 3 rings (SSSR count). The SMILES string of the molecule is CCc1ccc(C(=O)N2CSCC2C(=O)Nc2ccccc2F)o1. The largest absolute Gasteiger partial charge is 0.456 e. The van der Waals surface area contributed by atoms with Gasteiger partial charge in [-0.05, 0) is 24.3 Å². The van der Waals surface area contributed by atoms with Crippen LogP contribution in [0, 0.1) is 5.82 Å². The summed E-state index contributed by atoms with van der Waals surface area (Å²) in [5.41, 5.74) is 0.109. The predicted molar refractivity (Wildman–Crippen MR) is 90.4 cm³/mol. The van der Waals surface area contributed by atoms with Gasteiger partial charge in [-0.1, -0.05) is 19.1 Å². The molecule has 1 saturated heterocycles. The van der Waals surface area contributed by atoms with Gasteiger partial charge in [0.15, 0.2) is 5.76 Å². The molecule has 1 N–H and O–H groups in total. The van der Waals surface area contributed by atoms with Crippen LogP contribution in [0.25, 0.3) is 0 Å². The number of aryl methyl sites for hydroxylation is 1. The smallest absolute Gasteiger partial charge is 0.290 e. The van der Waals surface area contributed by atoms with Crippen molar-refractivity contribution < 1.29 is 18.4 Å². The van der Waals surface area contributed by atoms with Crippen molar-refractivity contribution in [3.8, 4) is 0 Å². The molecule has 0 radical (unpaired) electrons. The summed E-state index contributed by atoms with van der Waals surface area (Å²) >= 11 is 1.48. The highest BCUT2D eigenvalue weighted by Gasteiger charge is 2.36. The van der Waals surface area contributed by atoms with E-state index in [-0.39, 0.29) is 17.4 Å². The normalized spacial score (nSPS) is 17.1. The maximum absolute atomic E-state index is 13.7. The zero-order valence-corrected chi connectivity index (χ0v) is 13.9. The Kier molecular flexibility index (Phi) is 4.89. The summed E-state index contributed by atoms with van der Waals surface area (Å²) in [6.07, 6.45) is 0.694. The molecule has 0 saturated carbocycles. The maximum atomic E-state index is 13.7. The minimum absolute atomic E-state index is 0.109. The Morgan fingerprint density at radius 1 is 1.33 bits per heavy atom. The van der Waals surface area contributed by atoms with Crippen molar-refractivity contribution in [1.29, 1.82) is 0 Å². The molecule has 0 aliphatic carbocycles. The van der Waals surface area contributed by atoms with Gasteiger partial charge in [0.1, 0.15) is 17.6 Å². The quantitative estimate of drug-likeness (QED) is 0.922. The van der Waals surface area contributed by atoms with E-state index < -0.39 is 17.8 Å². The molecule has 24 heavy (non-hydrogen) atoms. The van der Waals surface area contributed by atoms with Crippen LogP contribution in [-0.2, 0) is 11.2 Å². The lowest BCUT2D eigenvalue weighted by molar-refractivity contribution is -0.119. The second kappa shape index (κ2) is 7.09. The van der Waals surface area contributed by atoms with Crippen LogP contribution in [0.15, 0.2) is 40.8 Å². The molecule has 0 spiro atoms. The first-order valence-corrected chi connectivity index (χ1v) is 8.78. The Labute approximate surface area is 143 Å². The summed E-state index contributed by atoms with van der Waals surface area (Å²) in [4.78, 5) is 26.5. The topological polar surface area (TPSA) is 62.6 Å². The number of halogens is 1. The Bertz CT molecular complexity index is 762. The highest BCUT2D eigenvalue weighted by Crippen LogP contribution is 2.25. The van der Waals surface area contributed by atoms with Crippen molar-refractivity contribution in [3.63, 3.8) is 0 Å². The highest BCUT2D eigenvalue weighted by molar-refractivity contribution is 7.99. The molecule has 126 valence electrons. The highest BCUT2D eigenvalue weighted by atomic mass is 32.2. The van der Waals surface area contributed by atoms with Gasteiger partial charge in [0.05, 0.1) is 11.6 Å². The van der Waals surface area contributed by atoms with E-state index in [0.717, 1.165) is 5.76 Å². The molecule has 1 fully saturated rings. The van der Waals surface area contributed by atoms with Crippen LogP contribution >= 0.6 is 11.8 Å². The zero-order valence-electron chi connectivity index (χ0n) is 13.1. The van der Waals surface area contributed by atoms with Crippen molar-refractivity contribution in [2.24, 2.45) is 0 Å². The number of hydrogen-bond acceptors (Lipinski definition) is 4. The van der Waals surface area contributed by atoms with Gasteiger partial charge in [0.25, 0.3) is 5.91 Å². The second-order valence-corrected chi connectivity index (χ2v) is 6.38. The lowest BCUT2D eigenvalue weighted by Crippen LogP contribution is -2.44. The van der Waals surface area contributed by atoms with Gasteiger partial charge in [-0.15, -0.1) is 11.8 Å². The average molecular weight is 348 g/mol. The first-order valence-electron chi connectivity index (χ1n) is 7.63. The van der Waals surface area contributed by atoms with Crippen LogP contribution in [-0.4, -0.2) is 34.4 Å². The van der Waals surface area contributed by atoms with Crippen LogP contribution in [0.5, 0.6) is 0 Å². The van der Waals surface area contributed by atoms with Crippen LogP contribution in [0.3, 0.4) is 0 Å². The van der Waals surface area contributed by atoms with E-state index in [0.29, 0.717) is 18.1 Å². The minimum atomic E-state index is -0.655. The van der Waals surface area contributed by atoms with Crippen molar-refractivity contribution in [2.75, 3.05) is 16.9 Å². The third kappa shape index (κ3) is 3.31. The molecule has 1 aliphatic heterocycles. The van der Waals surface area contributed by atoms with E-state index >= 15 is 0 Å². The third-order valence-electron chi connectivity index (χ3n) is 3.80. The monoisotopic (exact) mass is 348 g/mol. The van der Waals surface area contributed by atoms with Gasteiger partial charge in [-0.2, -0.15) is 0 Å². The number of hydrogen-bond donors (Lipinski definition) is 1. The fourth-order valence-corrected chi connectivity index (χ4v) is 3.62. The van der Waals surface area contributed by atoms with Crippen molar-refractivity contribution in [3.05, 3.63) is 53.7 Å². The zero-order chi connectivity index (χ0) is 17.1. The van der Waals surface area contributed by atoms with E-state index in [1.807, 2.05) is 6.92 Å². The summed E-state index contributed by atoms with van der Waals surface area (Å²) < 4.78 is 19.2. The third-order valence-corrected chi connectivity index (χ3v) is 4.81. The molecule has 7 heteroatoms. The van der Waals surface area contributed by atoms with E-state index in [9.17, 15) is 14.0 Å². The van der Waals surface area contributed by atoms with Gasteiger partial charge in [0, 0.05) is 12.2 Å². The van der Waals surface area contributed by atoms with Crippen molar-refractivity contribution in [2.45, 2.75) is 19.4 Å². The molecular formula is C17H17FN2O3S. The van der Waals surface area contributed by atoms with Gasteiger partial charge in [-0.25, -0.2) is 4.39 Å². The summed E-state index contributed by atoms with van der Waals surface area (Å²) in [5.74, 6) is 0.571. The summed E-state index contributed by atoms with van der Waals surface area (Å²) in [5, 5.41) is 2.55. The number of amides is 2. The van der Waals surface area contributed by atoms with Crippen LogP contribution in [0.4, 0.5) is 10.1 Å². The Hall–Kier alpha value is -2.28. The molecule has 1 unspecified atom stereocenters. The Balaban J connectivity index is 1.74. The van der Waals surface area contributed by atoms with E-state index in [1.54, 1.807) is 24.3 Å². The number of thioether (sulfide) groups is 1. The number of nitrogens with zero attached hydrogens (tertiary/aromatic N) is 1. The number of benzene rings is 1. The Morgan fingerprint density at radius 2 is 2.12 bits per heavy atom. The number of para-hydroxylation sites is 1. The lowest BCUT2D eigenvalue weighted by Gasteiger charge is -2.22. The van der Waals surface area contributed by atoms with Crippen LogP contribution < -0.4 is 5.32 Å². The fraction of sp³-hybridized carbons (Fsp3) is 0.294. The van der Waals surface area contributed by atoms with Gasteiger partial charge >= 0.3 is 0 Å². The molecule has 0 bridgehead atoms. The molecule has 1 aromatic heterocycles. The first-order chi connectivity index (χ1) is 11.6. The molecule has 2 aromatic rings. The number of nitrogens with one attached hydrogen (secondary N) is 1. The molecular weight excluding hydrogens is 331 g/mol. The van der Waals surface area contributed by atoms with Crippen LogP contribution in [0.2, 0.25) is 0 Å². The standard InChI is InChI=1S/C17H17FN2O3S/c1-2-11-7-8-15(23-11)17(22)20-10-24-9-14(20)16(21)19-13-6-4-3-5-12(13)18/h3-8,14H,2,9-10H2,1H3,(H,19,21). The summed E-state index contributed by atoms with van der Waals surface area (Å²) in [6.45, 7) is 1.93. The number of furan rings is 1. The van der Waals surface area contributed by atoms with Gasteiger partial charge < -0.3 is 14.6 Å². The van der Waals surface area contributed by atoms with Crippen LogP contribution in [0.1, 0.15) is 23.2 Å². The molecule has 1 aliphatic rings. The first kappa shape index (κ1) is 16.6. The molecule has 2 amide bonds. The molecule has 5 nitrogen and oxygen atoms in total. The molecule has 2 heterocycles. The van der Waals surface area contributed by atoms with Crippen molar-refractivity contribution in [1.82, 2.24) is 4.90 Å². The maximum Gasteiger partial charge on any atom is 0.290 e. The number of rotatable bonds is 4. The van der Waals surface area contributed by atoms with E-state index in [4.69, 9.17) is 4.42 Å². The lowest BCUT2D eigenvalue weighted by atomic mass is 10.2. The minimum Gasteiger partial charge on any atom is -0.456 e. The molecule has 1 atom stereocenters. The van der Waals surface area contributed by atoms with Gasteiger partial charge in [-0.3, -0.25) is 9.59 Å². The Morgan fingerprint density at radius 3 is 2.83 bits per heavy atom. The predicted octanol–water partition coefficient (Wildman–Crippen LogP) is 3.13. The summed E-state index contributed by atoms with van der Waals surface area (Å²) in [6, 6.07) is 8.67. The molecule has 1 aromatic carbocycles.